The van der Waals surface area contributed by atoms with Gasteiger partial charge in [-0.3, -0.25) is 4.79 Å². The first-order chi connectivity index (χ1) is 12.0. The Morgan fingerprint density at radius 1 is 1.04 bits per heavy atom. The van der Waals surface area contributed by atoms with E-state index in [0.717, 1.165) is 17.7 Å². The van der Waals surface area contributed by atoms with Crippen molar-refractivity contribution in [1.82, 2.24) is 0 Å². The fourth-order valence-corrected chi connectivity index (χ4v) is 2.55. The van der Waals surface area contributed by atoms with Crippen LogP contribution in [0.5, 0.6) is 0 Å². The van der Waals surface area contributed by atoms with E-state index in [4.69, 9.17) is 4.74 Å². The van der Waals surface area contributed by atoms with E-state index in [9.17, 15) is 9.59 Å². The zero-order chi connectivity index (χ0) is 18.2. The van der Waals surface area contributed by atoms with Crippen LogP contribution in [0.2, 0.25) is 0 Å². The summed E-state index contributed by atoms with van der Waals surface area (Å²) < 4.78 is 4.93. The largest absolute Gasteiger partial charge is 0.462 e. The predicted molar refractivity (Wildman–Crippen MR) is 100 cm³/mol. The molecule has 0 atom stereocenters. The number of aryl methyl sites for hydroxylation is 2. The van der Waals surface area contributed by atoms with Crippen LogP contribution in [-0.2, 0) is 16.0 Å². The number of esters is 1. The van der Waals surface area contributed by atoms with Gasteiger partial charge in [-0.25, -0.2) is 4.79 Å². The lowest BCUT2D eigenvalue weighted by atomic mass is 10.1. The minimum Gasteiger partial charge on any atom is -0.462 e. The number of ether oxygens (including phenoxy) is 1. The molecule has 0 radical (unpaired) electrons. The van der Waals surface area contributed by atoms with Crippen molar-refractivity contribution >= 4 is 23.3 Å². The van der Waals surface area contributed by atoms with Gasteiger partial charge in [-0.2, -0.15) is 0 Å². The first-order valence-corrected chi connectivity index (χ1v) is 8.44. The van der Waals surface area contributed by atoms with E-state index in [1.54, 1.807) is 31.2 Å². The number of carbonyl (C=O) groups is 2. The number of amides is 1. The van der Waals surface area contributed by atoms with Crippen LogP contribution in [0.15, 0.2) is 42.5 Å². The smallest absolute Gasteiger partial charge is 0.338 e. The van der Waals surface area contributed by atoms with Gasteiger partial charge in [0.25, 0.3) is 0 Å². The van der Waals surface area contributed by atoms with Crippen molar-refractivity contribution < 1.29 is 14.3 Å². The Hall–Kier alpha value is -2.82. The Labute approximate surface area is 148 Å². The van der Waals surface area contributed by atoms with Gasteiger partial charge in [0.15, 0.2) is 0 Å². The molecule has 2 aromatic rings. The minimum absolute atomic E-state index is 0.144. The zero-order valence-corrected chi connectivity index (χ0v) is 14.9. The Kier molecular flexibility index (Phi) is 6.57. The van der Waals surface area contributed by atoms with Crippen LogP contribution in [0.4, 0.5) is 11.4 Å². The zero-order valence-electron chi connectivity index (χ0n) is 14.9. The molecule has 0 aliphatic carbocycles. The molecule has 5 nitrogen and oxygen atoms in total. The molecule has 132 valence electrons. The molecular weight excluding hydrogens is 316 g/mol. The molecule has 0 aliphatic rings. The summed E-state index contributed by atoms with van der Waals surface area (Å²) in [6.45, 7) is 6.38. The second kappa shape index (κ2) is 8.87. The second-order valence-corrected chi connectivity index (χ2v) is 5.66. The Balaban J connectivity index is 1.94. The van der Waals surface area contributed by atoms with Crippen molar-refractivity contribution in [2.45, 2.75) is 27.2 Å². The highest BCUT2D eigenvalue weighted by atomic mass is 16.5. The standard InChI is InChI=1S/C20H24N2O3/c1-4-15-8-6-7-14(3)19(15)21-13-18(23)22-17-11-9-16(10-12-17)20(24)25-5-2/h6-12,21H,4-5,13H2,1-3H3,(H,22,23). The van der Waals surface area contributed by atoms with E-state index < -0.39 is 0 Å². The molecule has 25 heavy (non-hydrogen) atoms. The molecule has 2 aromatic carbocycles. The molecule has 0 bridgehead atoms. The normalized spacial score (nSPS) is 10.2. The molecule has 5 heteroatoms. The van der Waals surface area contributed by atoms with Crippen LogP contribution in [-0.4, -0.2) is 25.0 Å². The van der Waals surface area contributed by atoms with Crippen LogP contribution in [0.1, 0.15) is 35.3 Å². The molecule has 0 saturated heterocycles. The third kappa shape index (κ3) is 5.08. The van der Waals surface area contributed by atoms with Crippen molar-refractivity contribution in [3.05, 3.63) is 59.2 Å². The number of benzene rings is 2. The maximum absolute atomic E-state index is 12.2. The van der Waals surface area contributed by atoms with Gasteiger partial charge >= 0.3 is 5.97 Å². The summed E-state index contributed by atoms with van der Waals surface area (Å²) in [7, 11) is 0. The summed E-state index contributed by atoms with van der Waals surface area (Å²) in [5.74, 6) is -0.511. The number of para-hydroxylation sites is 1. The third-order valence-corrected chi connectivity index (χ3v) is 3.85. The number of nitrogens with one attached hydrogen (secondary N) is 2. The maximum Gasteiger partial charge on any atom is 0.338 e. The summed E-state index contributed by atoms with van der Waals surface area (Å²) >= 11 is 0. The van der Waals surface area contributed by atoms with Crippen LogP contribution in [0.25, 0.3) is 0 Å². The summed E-state index contributed by atoms with van der Waals surface area (Å²) in [6, 6.07) is 12.7. The molecule has 0 heterocycles. The van der Waals surface area contributed by atoms with Gasteiger partial charge in [0.2, 0.25) is 5.91 Å². The van der Waals surface area contributed by atoms with Gasteiger partial charge in [0, 0.05) is 11.4 Å². The molecule has 0 spiro atoms. The van der Waals surface area contributed by atoms with Gasteiger partial charge in [-0.05, 0) is 55.7 Å². The van der Waals surface area contributed by atoms with Gasteiger partial charge in [0.1, 0.15) is 0 Å². The predicted octanol–water partition coefficient (Wildman–Crippen LogP) is 3.78. The minimum atomic E-state index is -0.367. The molecule has 0 saturated carbocycles. The Morgan fingerprint density at radius 2 is 1.76 bits per heavy atom. The van der Waals surface area contributed by atoms with E-state index in [1.165, 1.54) is 5.56 Å². The average molecular weight is 340 g/mol. The fourth-order valence-electron chi connectivity index (χ4n) is 2.55. The van der Waals surface area contributed by atoms with Crippen molar-refractivity contribution in [2.75, 3.05) is 23.8 Å². The summed E-state index contributed by atoms with van der Waals surface area (Å²) in [6.07, 6.45) is 0.904. The number of anilines is 2. The van der Waals surface area contributed by atoms with Crippen molar-refractivity contribution in [2.24, 2.45) is 0 Å². The van der Waals surface area contributed by atoms with Gasteiger partial charge in [0.05, 0.1) is 18.7 Å². The van der Waals surface area contributed by atoms with Crippen LogP contribution in [0, 0.1) is 6.92 Å². The van der Waals surface area contributed by atoms with E-state index >= 15 is 0 Å². The van der Waals surface area contributed by atoms with Crippen LogP contribution >= 0.6 is 0 Å². The molecule has 1 amide bonds. The summed E-state index contributed by atoms with van der Waals surface area (Å²) in [5, 5.41) is 6.03. The first kappa shape index (κ1) is 18.5. The van der Waals surface area contributed by atoms with Gasteiger partial charge in [-0.1, -0.05) is 25.1 Å². The molecule has 0 unspecified atom stereocenters. The van der Waals surface area contributed by atoms with Crippen molar-refractivity contribution in [1.29, 1.82) is 0 Å². The van der Waals surface area contributed by atoms with Crippen LogP contribution in [0.3, 0.4) is 0 Å². The molecule has 0 aromatic heterocycles. The van der Waals surface area contributed by atoms with Crippen LogP contribution < -0.4 is 10.6 Å². The van der Waals surface area contributed by atoms with E-state index in [1.807, 2.05) is 19.1 Å². The third-order valence-electron chi connectivity index (χ3n) is 3.85. The maximum atomic E-state index is 12.2. The number of hydrogen-bond donors (Lipinski definition) is 2. The lowest BCUT2D eigenvalue weighted by molar-refractivity contribution is -0.114. The highest BCUT2D eigenvalue weighted by Crippen LogP contribution is 2.20. The SMILES string of the molecule is CCOC(=O)c1ccc(NC(=O)CNc2c(C)cccc2CC)cc1. The molecular formula is C20H24N2O3. The number of carbonyl (C=O) groups excluding carboxylic acids is 2. The van der Waals surface area contributed by atoms with Crippen molar-refractivity contribution in [3.8, 4) is 0 Å². The molecule has 0 fully saturated rings. The number of rotatable bonds is 7. The van der Waals surface area contributed by atoms with Crippen molar-refractivity contribution in [3.63, 3.8) is 0 Å². The first-order valence-electron chi connectivity index (χ1n) is 8.44. The Morgan fingerprint density at radius 3 is 2.40 bits per heavy atom. The van der Waals surface area contributed by atoms with E-state index in [-0.39, 0.29) is 18.4 Å². The molecule has 2 N–H and O–H groups in total. The highest BCUT2D eigenvalue weighted by molar-refractivity contribution is 5.95. The second-order valence-electron chi connectivity index (χ2n) is 5.66. The quantitative estimate of drug-likeness (QED) is 0.753. The van der Waals surface area contributed by atoms with E-state index in [0.29, 0.717) is 17.9 Å². The summed E-state index contributed by atoms with van der Waals surface area (Å²) in [4.78, 5) is 23.8. The lowest BCUT2D eigenvalue weighted by Crippen LogP contribution is -2.22. The highest BCUT2D eigenvalue weighted by Gasteiger charge is 2.09. The number of hydrogen-bond acceptors (Lipinski definition) is 4. The molecule has 2 rings (SSSR count). The fraction of sp³-hybridized carbons (Fsp3) is 0.300. The van der Waals surface area contributed by atoms with Gasteiger partial charge in [-0.15, -0.1) is 0 Å². The lowest BCUT2D eigenvalue weighted by Gasteiger charge is -2.14. The van der Waals surface area contributed by atoms with Gasteiger partial charge < -0.3 is 15.4 Å². The Bertz CT molecular complexity index is 739. The topological polar surface area (TPSA) is 67.4 Å². The summed E-state index contributed by atoms with van der Waals surface area (Å²) in [5.41, 5.74) is 4.42. The van der Waals surface area contributed by atoms with E-state index in [2.05, 4.69) is 23.6 Å². The average Bonchev–Trinajstić information content (AvgIpc) is 2.61. The monoisotopic (exact) mass is 340 g/mol. The molecule has 0 aliphatic heterocycles.